The van der Waals surface area contributed by atoms with E-state index in [1.807, 2.05) is 16.9 Å². The summed E-state index contributed by atoms with van der Waals surface area (Å²) in [6, 6.07) is 6.56. The summed E-state index contributed by atoms with van der Waals surface area (Å²) < 4.78 is 2.00. The highest BCUT2D eigenvalue weighted by molar-refractivity contribution is 5.37. The van der Waals surface area contributed by atoms with E-state index in [-0.39, 0.29) is 6.04 Å². The third-order valence-electron chi connectivity index (χ3n) is 3.55. The Morgan fingerprint density at radius 1 is 1.25 bits per heavy atom. The van der Waals surface area contributed by atoms with Crippen molar-refractivity contribution in [3.8, 4) is 5.82 Å². The highest BCUT2D eigenvalue weighted by Crippen LogP contribution is 2.21. The molecule has 0 saturated carbocycles. The van der Waals surface area contributed by atoms with Crippen molar-refractivity contribution in [2.75, 3.05) is 6.54 Å². The molecule has 0 aliphatic carbocycles. The predicted octanol–water partition coefficient (Wildman–Crippen LogP) is 3.06. The molecule has 0 aliphatic heterocycles. The fourth-order valence-electron chi connectivity index (χ4n) is 2.42. The first kappa shape index (κ1) is 14.7. The lowest BCUT2D eigenvalue weighted by molar-refractivity contribution is 0.588. The molecule has 1 atom stereocenters. The van der Waals surface area contributed by atoms with Crippen LogP contribution in [0.2, 0.25) is 0 Å². The minimum Gasteiger partial charge on any atom is -0.310 e. The average molecular weight is 272 g/mol. The monoisotopic (exact) mass is 272 g/mol. The summed E-state index contributed by atoms with van der Waals surface area (Å²) in [7, 11) is 0. The molecule has 2 aromatic heterocycles. The van der Waals surface area contributed by atoms with E-state index in [2.05, 4.69) is 50.1 Å². The Labute approximate surface area is 121 Å². The van der Waals surface area contributed by atoms with Gasteiger partial charge in [0, 0.05) is 23.5 Å². The molecule has 1 unspecified atom stereocenters. The summed E-state index contributed by atoms with van der Waals surface area (Å²) in [5.41, 5.74) is 3.52. The van der Waals surface area contributed by atoms with E-state index in [4.69, 9.17) is 5.10 Å². The summed E-state index contributed by atoms with van der Waals surface area (Å²) in [5.74, 6) is 0.942. The Balaban J connectivity index is 2.49. The fraction of sp³-hybridized carbons (Fsp3) is 0.500. The van der Waals surface area contributed by atoms with Crippen LogP contribution < -0.4 is 5.32 Å². The first-order valence-corrected chi connectivity index (χ1v) is 7.47. The average Bonchev–Trinajstić information content (AvgIpc) is 2.90. The Kier molecular flexibility index (Phi) is 4.90. The van der Waals surface area contributed by atoms with Crippen LogP contribution in [0.15, 0.2) is 24.4 Å². The van der Waals surface area contributed by atoms with Crippen LogP contribution in [0.1, 0.15) is 50.7 Å². The minimum absolute atomic E-state index is 0.266. The Bertz CT molecular complexity index is 559. The first-order valence-electron chi connectivity index (χ1n) is 7.47. The molecule has 0 fully saturated rings. The van der Waals surface area contributed by atoms with Gasteiger partial charge in [-0.1, -0.05) is 26.8 Å². The highest BCUT2D eigenvalue weighted by atomic mass is 15.3. The molecule has 2 aromatic rings. The van der Waals surface area contributed by atoms with Crippen LogP contribution in [-0.4, -0.2) is 21.3 Å². The van der Waals surface area contributed by atoms with Gasteiger partial charge in [-0.05, 0) is 38.4 Å². The van der Waals surface area contributed by atoms with Crippen molar-refractivity contribution in [1.82, 2.24) is 20.1 Å². The number of aromatic nitrogens is 3. The lowest BCUT2D eigenvalue weighted by atomic mass is 10.1. The van der Waals surface area contributed by atoms with E-state index < -0.39 is 0 Å². The molecule has 4 nitrogen and oxygen atoms in total. The van der Waals surface area contributed by atoms with Gasteiger partial charge in [-0.2, -0.15) is 5.10 Å². The minimum atomic E-state index is 0.266. The summed E-state index contributed by atoms with van der Waals surface area (Å²) in [6.07, 6.45) is 3.74. The normalized spacial score (nSPS) is 12.6. The van der Waals surface area contributed by atoms with Gasteiger partial charge in [0.15, 0.2) is 5.82 Å². The third-order valence-corrected chi connectivity index (χ3v) is 3.55. The summed E-state index contributed by atoms with van der Waals surface area (Å²) in [6.45, 7) is 9.51. The van der Waals surface area contributed by atoms with Crippen molar-refractivity contribution in [1.29, 1.82) is 0 Å². The van der Waals surface area contributed by atoms with Gasteiger partial charge in [-0.15, -0.1) is 0 Å². The molecule has 1 N–H and O–H groups in total. The molecule has 108 valence electrons. The maximum absolute atomic E-state index is 4.70. The zero-order valence-electron chi connectivity index (χ0n) is 12.8. The lowest BCUT2D eigenvalue weighted by Gasteiger charge is -2.17. The number of aryl methyl sites for hydroxylation is 2. The maximum Gasteiger partial charge on any atom is 0.158 e. The molecule has 0 aromatic carbocycles. The van der Waals surface area contributed by atoms with Crippen molar-refractivity contribution in [3.05, 3.63) is 41.3 Å². The largest absolute Gasteiger partial charge is 0.310 e. The molecule has 0 spiro atoms. The molecule has 2 rings (SSSR count). The van der Waals surface area contributed by atoms with Gasteiger partial charge in [0.25, 0.3) is 0 Å². The van der Waals surface area contributed by atoms with E-state index >= 15 is 0 Å². The van der Waals surface area contributed by atoms with E-state index in [9.17, 15) is 0 Å². The Hall–Kier alpha value is -1.68. The molecule has 2 heterocycles. The van der Waals surface area contributed by atoms with Crippen LogP contribution in [0, 0.1) is 0 Å². The molecule has 0 bridgehead atoms. The number of hydrogen-bond donors (Lipinski definition) is 1. The first-order chi connectivity index (χ1) is 9.71. The molecule has 0 aliphatic rings. The van der Waals surface area contributed by atoms with Gasteiger partial charge in [0.2, 0.25) is 0 Å². The van der Waals surface area contributed by atoms with Crippen molar-refractivity contribution < 1.29 is 0 Å². The Morgan fingerprint density at radius 2 is 2.05 bits per heavy atom. The Morgan fingerprint density at radius 3 is 2.70 bits per heavy atom. The molecule has 4 heteroatoms. The van der Waals surface area contributed by atoms with Gasteiger partial charge in [-0.25, -0.2) is 9.67 Å². The number of rotatable bonds is 6. The summed E-state index contributed by atoms with van der Waals surface area (Å²) in [5, 5.41) is 8.15. The van der Waals surface area contributed by atoms with E-state index in [1.165, 1.54) is 11.3 Å². The van der Waals surface area contributed by atoms with Crippen molar-refractivity contribution in [2.24, 2.45) is 0 Å². The van der Waals surface area contributed by atoms with Gasteiger partial charge in [0.1, 0.15) is 0 Å². The van der Waals surface area contributed by atoms with Crippen molar-refractivity contribution in [2.45, 2.75) is 46.6 Å². The lowest BCUT2D eigenvalue weighted by Crippen LogP contribution is -2.20. The van der Waals surface area contributed by atoms with E-state index in [0.717, 1.165) is 30.9 Å². The van der Waals surface area contributed by atoms with Crippen LogP contribution in [-0.2, 0) is 12.8 Å². The second kappa shape index (κ2) is 6.66. The molecule has 20 heavy (non-hydrogen) atoms. The maximum atomic E-state index is 4.70. The fourth-order valence-corrected chi connectivity index (χ4v) is 2.42. The van der Waals surface area contributed by atoms with Gasteiger partial charge < -0.3 is 5.32 Å². The molecule has 0 amide bonds. The number of nitrogens with one attached hydrogen (secondary N) is 1. The number of hydrogen-bond acceptors (Lipinski definition) is 3. The van der Waals surface area contributed by atoms with Crippen LogP contribution >= 0.6 is 0 Å². The predicted molar refractivity (Wildman–Crippen MR) is 82.2 cm³/mol. The van der Waals surface area contributed by atoms with E-state index in [0.29, 0.717) is 0 Å². The zero-order chi connectivity index (χ0) is 14.5. The number of pyridine rings is 1. The molecular formula is C16H24N4. The van der Waals surface area contributed by atoms with Crippen molar-refractivity contribution >= 4 is 0 Å². The number of nitrogens with zero attached hydrogens (tertiary/aromatic N) is 3. The van der Waals surface area contributed by atoms with Crippen molar-refractivity contribution in [3.63, 3.8) is 0 Å². The second-order valence-corrected chi connectivity index (χ2v) is 4.94. The summed E-state index contributed by atoms with van der Waals surface area (Å²) >= 11 is 0. The van der Waals surface area contributed by atoms with Crippen LogP contribution in [0.25, 0.3) is 5.82 Å². The standard InChI is InChI=1S/C16H24N4/c1-5-13-11-14(6-2)20(19-13)16-15(9-8-10-18-16)12(4)17-7-3/h8-12,17H,5-7H2,1-4H3. The van der Waals surface area contributed by atoms with Gasteiger partial charge in [0.05, 0.1) is 5.69 Å². The second-order valence-electron chi connectivity index (χ2n) is 4.94. The van der Waals surface area contributed by atoms with Crippen LogP contribution in [0.3, 0.4) is 0 Å². The third kappa shape index (κ3) is 2.90. The highest BCUT2D eigenvalue weighted by Gasteiger charge is 2.15. The molecule has 0 radical (unpaired) electrons. The summed E-state index contributed by atoms with van der Waals surface area (Å²) in [4.78, 5) is 4.57. The SMILES string of the molecule is CCNC(C)c1cccnc1-n1nc(CC)cc1CC. The molecular weight excluding hydrogens is 248 g/mol. The topological polar surface area (TPSA) is 42.7 Å². The quantitative estimate of drug-likeness (QED) is 0.879. The van der Waals surface area contributed by atoms with Gasteiger partial charge >= 0.3 is 0 Å². The zero-order valence-corrected chi connectivity index (χ0v) is 12.8. The smallest absolute Gasteiger partial charge is 0.158 e. The van der Waals surface area contributed by atoms with Crippen LogP contribution in [0.4, 0.5) is 0 Å². The van der Waals surface area contributed by atoms with Gasteiger partial charge in [-0.3, -0.25) is 0 Å². The molecule has 0 saturated heterocycles. The van der Waals surface area contributed by atoms with Crippen LogP contribution in [0.5, 0.6) is 0 Å². The van der Waals surface area contributed by atoms with E-state index in [1.54, 1.807) is 0 Å².